The average molecular weight is 336 g/mol. The van der Waals surface area contributed by atoms with Gasteiger partial charge in [-0.2, -0.15) is 0 Å². The normalized spacial score (nSPS) is 26.7. The van der Waals surface area contributed by atoms with E-state index >= 15 is 0 Å². The van der Waals surface area contributed by atoms with E-state index < -0.39 is 6.10 Å². The van der Waals surface area contributed by atoms with E-state index in [0.29, 0.717) is 25.2 Å². The van der Waals surface area contributed by atoms with Gasteiger partial charge in [-0.05, 0) is 43.0 Å². The van der Waals surface area contributed by atoms with Crippen molar-refractivity contribution in [3.8, 4) is 0 Å². The van der Waals surface area contributed by atoms with Crippen LogP contribution in [0.5, 0.6) is 0 Å². The number of nitrogens with zero attached hydrogens (tertiary/aromatic N) is 2. The number of hydrogen-bond acceptors (Lipinski definition) is 4. The van der Waals surface area contributed by atoms with E-state index in [1.165, 1.54) is 25.0 Å². The van der Waals surface area contributed by atoms with Gasteiger partial charge in [-0.1, -0.05) is 13.3 Å². The minimum atomic E-state index is -0.421. The number of anilines is 1. The molecule has 0 amide bonds. The second-order valence-electron chi connectivity index (χ2n) is 7.20. The Balaban J connectivity index is 1.37. The van der Waals surface area contributed by atoms with Gasteiger partial charge in [-0.3, -0.25) is 4.90 Å². The Labute approximate surface area is 144 Å². The Hall–Kier alpha value is -1.17. The molecule has 134 valence electrons. The van der Waals surface area contributed by atoms with Gasteiger partial charge in [0.25, 0.3) is 0 Å². The van der Waals surface area contributed by atoms with Crippen LogP contribution in [0.15, 0.2) is 24.3 Å². The van der Waals surface area contributed by atoms with E-state index in [1.54, 1.807) is 0 Å². The first-order valence-corrected chi connectivity index (χ1v) is 9.14. The van der Waals surface area contributed by atoms with E-state index in [9.17, 15) is 9.50 Å². The number of β-amino-alcohol motifs (C(OH)–C–C–N with tert-alkyl or cyclic N) is 1. The molecular formula is C19H29FN2O2. The molecule has 1 heterocycles. The van der Waals surface area contributed by atoms with Gasteiger partial charge < -0.3 is 14.7 Å². The summed E-state index contributed by atoms with van der Waals surface area (Å²) in [6.07, 6.45) is 3.52. The zero-order valence-electron chi connectivity index (χ0n) is 14.5. The van der Waals surface area contributed by atoms with Gasteiger partial charge in [0, 0.05) is 38.4 Å². The van der Waals surface area contributed by atoms with Crippen molar-refractivity contribution in [1.29, 1.82) is 0 Å². The minimum Gasteiger partial charge on any atom is -0.389 e. The molecule has 24 heavy (non-hydrogen) atoms. The van der Waals surface area contributed by atoms with Crippen molar-refractivity contribution in [3.63, 3.8) is 0 Å². The predicted octanol–water partition coefficient (Wildman–Crippen LogP) is 2.51. The largest absolute Gasteiger partial charge is 0.389 e. The van der Waals surface area contributed by atoms with E-state index in [-0.39, 0.29) is 5.82 Å². The molecule has 5 heteroatoms. The van der Waals surface area contributed by atoms with E-state index in [2.05, 4.69) is 16.7 Å². The van der Waals surface area contributed by atoms with Crippen LogP contribution in [0.2, 0.25) is 0 Å². The van der Waals surface area contributed by atoms with Gasteiger partial charge in [0.2, 0.25) is 0 Å². The maximum absolute atomic E-state index is 13.0. The molecule has 0 spiro atoms. The highest BCUT2D eigenvalue weighted by atomic mass is 19.1. The molecule has 0 aromatic heterocycles. The fraction of sp³-hybridized carbons (Fsp3) is 0.684. The molecule has 0 radical (unpaired) electrons. The van der Waals surface area contributed by atoms with Gasteiger partial charge >= 0.3 is 0 Å². The Morgan fingerprint density at radius 2 is 1.88 bits per heavy atom. The van der Waals surface area contributed by atoms with Crippen LogP contribution in [0.3, 0.4) is 0 Å². The first-order chi connectivity index (χ1) is 11.6. The number of hydrogen-bond donors (Lipinski definition) is 1. The van der Waals surface area contributed by atoms with Gasteiger partial charge in [-0.25, -0.2) is 4.39 Å². The van der Waals surface area contributed by atoms with Crippen LogP contribution < -0.4 is 4.90 Å². The molecular weight excluding hydrogens is 307 g/mol. The highest BCUT2D eigenvalue weighted by Crippen LogP contribution is 2.27. The average Bonchev–Trinajstić information content (AvgIpc) is 3.00. The second-order valence-corrected chi connectivity index (χ2v) is 7.20. The summed E-state index contributed by atoms with van der Waals surface area (Å²) in [6.45, 7) is 6.96. The Kier molecular flexibility index (Phi) is 6.09. The van der Waals surface area contributed by atoms with Crippen LogP contribution >= 0.6 is 0 Å². The lowest BCUT2D eigenvalue weighted by Crippen LogP contribution is -2.49. The van der Waals surface area contributed by atoms with Crippen LogP contribution in [0.1, 0.15) is 26.2 Å². The molecule has 1 saturated heterocycles. The summed E-state index contributed by atoms with van der Waals surface area (Å²) in [7, 11) is 0. The molecule has 3 atom stereocenters. The van der Waals surface area contributed by atoms with E-state index in [4.69, 9.17) is 4.74 Å². The number of ether oxygens (including phenoxy) is 1. The number of benzene rings is 1. The minimum absolute atomic E-state index is 0.197. The van der Waals surface area contributed by atoms with Crippen molar-refractivity contribution in [2.24, 2.45) is 5.92 Å². The highest BCUT2D eigenvalue weighted by Gasteiger charge is 2.25. The van der Waals surface area contributed by atoms with Crippen LogP contribution in [0.25, 0.3) is 0 Å². The molecule has 1 aliphatic carbocycles. The zero-order chi connectivity index (χ0) is 16.9. The van der Waals surface area contributed by atoms with Crippen LogP contribution in [0.4, 0.5) is 10.1 Å². The summed E-state index contributed by atoms with van der Waals surface area (Å²) in [5.74, 6) is 0.425. The quantitative estimate of drug-likeness (QED) is 0.866. The third-order valence-electron chi connectivity index (χ3n) is 5.32. The summed E-state index contributed by atoms with van der Waals surface area (Å²) in [4.78, 5) is 4.55. The Morgan fingerprint density at radius 1 is 1.17 bits per heavy atom. The second kappa shape index (κ2) is 8.28. The Morgan fingerprint density at radius 3 is 2.50 bits per heavy atom. The summed E-state index contributed by atoms with van der Waals surface area (Å²) in [5.41, 5.74) is 1.06. The molecule has 1 saturated carbocycles. The van der Waals surface area contributed by atoms with Crippen LogP contribution in [-0.2, 0) is 4.74 Å². The third-order valence-corrected chi connectivity index (χ3v) is 5.32. The fourth-order valence-electron chi connectivity index (χ4n) is 3.78. The number of aliphatic hydroxyl groups is 1. The van der Waals surface area contributed by atoms with Crippen LogP contribution in [0, 0.1) is 11.7 Å². The van der Waals surface area contributed by atoms with Crippen LogP contribution in [-0.4, -0.2) is 61.5 Å². The molecule has 2 aliphatic rings. The monoisotopic (exact) mass is 336 g/mol. The number of halogens is 1. The summed E-state index contributed by atoms with van der Waals surface area (Å²) in [6, 6.07) is 6.67. The van der Waals surface area contributed by atoms with Crippen molar-refractivity contribution in [3.05, 3.63) is 30.1 Å². The molecule has 1 aliphatic heterocycles. The highest BCUT2D eigenvalue weighted by molar-refractivity contribution is 5.46. The molecule has 3 rings (SSSR count). The standard InChI is InChI=1S/C19H29FN2O2/c1-15-3-2-4-19(15)24-14-18(23)13-21-9-11-22(12-10-21)17-7-5-16(20)6-8-17/h5-8,15,18-19,23H,2-4,9-14H2,1H3/t15-,18-,19-/m1/s1. The van der Waals surface area contributed by atoms with Gasteiger partial charge in [-0.15, -0.1) is 0 Å². The van der Waals surface area contributed by atoms with Crippen molar-refractivity contribution in [2.45, 2.75) is 38.4 Å². The predicted molar refractivity (Wildman–Crippen MR) is 93.8 cm³/mol. The van der Waals surface area contributed by atoms with E-state index in [1.807, 2.05) is 12.1 Å². The van der Waals surface area contributed by atoms with Gasteiger partial charge in [0.15, 0.2) is 0 Å². The van der Waals surface area contributed by atoms with Crippen molar-refractivity contribution in [2.75, 3.05) is 44.2 Å². The van der Waals surface area contributed by atoms with E-state index in [0.717, 1.165) is 38.3 Å². The summed E-state index contributed by atoms with van der Waals surface area (Å²) >= 11 is 0. The maximum atomic E-state index is 13.0. The maximum Gasteiger partial charge on any atom is 0.123 e. The Bertz CT molecular complexity index is 503. The van der Waals surface area contributed by atoms with Crippen molar-refractivity contribution < 1.29 is 14.2 Å². The molecule has 0 unspecified atom stereocenters. The first kappa shape index (κ1) is 17.6. The first-order valence-electron chi connectivity index (χ1n) is 9.14. The molecule has 2 fully saturated rings. The number of aliphatic hydroxyl groups excluding tert-OH is 1. The van der Waals surface area contributed by atoms with Gasteiger partial charge in [0.1, 0.15) is 5.82 Å². The summed E-state index contributed by atoms with van der Waals surface area (Å²) < 4.78 is 18.9. The molecule has 0 bridgehead atoms. The zero-order valence-corrected chi connectivity index (χ0v) is 14.5. The third kappa shape index (κ3) is 4.68. The number of rotatable bonds is 6. The lowest BCUT2D eigenvalue weighted by Gasteiger charge is -2.37. The molecule has 4 nitrogen and oxygen atoms in total. The van der Waals surface area contributed by atoms with Crippen molar-refractivity contribution >= 4 is 5.69 Å². The SMILES string of the molecule is C[C@@H]1CCC[C@H]1OC[C@H](O)CN1CCN(c2ccc(F)cc2)CC1. The van der Waals surface area contributed by atoms with Gasteiger partial charge in [0.05, 0.1) is 18.8 Å². The fourth-order valence-corrected chi connectivity index (χ4v) is 3.78. The molecule has 1 aromatic rings. The number of piperazine rings is 1. The topological polar surface area (TPSA) is 35.9 Å². The lowest BCUT2D eigenvalue weighted by atomic mass is 10.1. The summed E-state index contributed by atoms with van der Waals surface area (Å²) in [5, 5.41) is 10.2. The smallest absolute Gasteiger partial charge is 0.123 e. The lowest BCUT2D eigenvalue weighted by molar-refractivity contribution is -0.0321. The molecule has 1 N–H and O–H groups in total. The van der Waals surface area contributed by atoms with Crippen molar-refractivity contribution in [1.82, 2.24) is 4.90 Å². The molecule has 1 aromatic carbocycles.